The molecule has 1 fully saturated rings. The van der Waals surface area contributed by atoms with E-state index in [-0.39, 0.29) is 17.4 Å². The maximum Gasteiger partial charge on any atom is 0.227 e. The summed E-state index contributed by atoms with van der Waals surface area (Å²) in [5.41, 5.74) is 1.96. The summed E-state index contributed by atoms with van der Waals surface area (Å²) in [6.45, 7) is 2.88. The zero-order valence-corrected chi connectivity index (χ0v) is 14.6. The van der Waals surface area contributed by atoms with Gasteiger partial charge in [0.1, 0.15) is 11.6 Å². The molecule has 3 heterocycles. The Bertz CT molecular complexity index is 745. The van der Waals surface area contributed by atoms with Gasteiger partial charge in [-0.3, -0.25) is 4.79 Å². The summed E-state index contributed by atoms with van der Waals surface area (Å²) in [5, 5.41) is 0. The Hall–Kier alpha value is -1.70. The van der Waals surface area contributed by atoms with Gasteiger partial charge in [-0.05, 0) is 19.8 Å². The third kappa shape index (κ3) is 3.17. The van der Waals surface area contributed by atoms with Crippen molar-refractivity contribution in [2.24, 2.45) is 5.92 Å². The third-order valence-corrected chi connectivity index (χ3v) is 6.24. The molecular weight excluding hydrogens is 316 g/mol. The molecule has 0 spiro atoms. The lowest BCUT2D eigenvalue weighted by atomic mass is 10.0. The van der Waals surface area contributed by atoms with Gasteiger partial charge in [0, 0.05) is 26.2 Å². The number of nitrogens with zero attached hydrogens (tertiary/aromatic N) is 4. The fourth-order valence-corrected chi connectivity index (χ4v) is 5.07. The number of rotatable bonds is 2. The first-order valence-corrected chi connectivity index (χ1v) is 9.62. The van der Waals surface area contributed by atoms with Gasteiger partial charge in [0.2, 0.25) is 5.91 Å². The SMILES string of the molecule is Cc1nc2c(c(N(C)C)n1)CCN(C(=O)[C@H]1CCS(=O)(=O)C1)C2. The van der Waals surface area contributed by atoms with E-state index in [4.69, 9.17) is 0 Å². The first kappa shape index (κ1) is 16.2. The van der Waals surface area contributed by atoms with E-state index in [1.54, 1.807) is 4.90 Å². The van der Waals surface area contributed by atoms with Crippen molar-refractivity contribution in [1.82, 2.24) is 14.9 Å². The number of carbonyl (C=O) groups is 1. The summed E-state index contributed by atoms with van der Waals surface area (Å²) in [7, 11) is 0.851. The summed E-state index contributed by atoms with van der Waals surface area (Å²) in [6, 6.07) is 0. The van der Waals surface area contributed by atoms with Crippen LogP contribution in [0.5, 0.6) is 0 Å². The quantitative estimate of drug-likeness (QED) is 0.764. The Balaban J connectivity index is 1.82. The summed E-state index contributed by atoms with van der Waals surface area (Å²) in [5.74, 6) is 1.26. The summed E-state index contributed by atoms with van der Waals surface area (Å²) in [4.78, 5) is 25.3. The molecule has 1 aromatic heterocycles. The van der Waals surface area contributed by atoms with E-state index < -0.39 is 15.8 Å². The zero-order chi connectivity index (χ0) is 16.8. The maximum absolute atomic E-state index is 12.6. The highest BCUT2D eigenvalue weighted by Crippen LogP contribution is 2.28. The molecule has 1 saturated heterocycles. The minimum absolute atomic E-state index is 0.0130. The molecule has 1 amide bonds. The van der Waals surface area contributed by atoms with Crippen molar-refractivity contribution in [2.75, 3.05) is 37.0 Å². The minimum atomic E-state index is -3.04. The van der Waals surface area contributed by atoms with E-state index in [9.17, 15) is 13.2 Å². The molecule has 1 atom stereocenters. The topological polar surface area (TPSA) is 83.5 Å². The highest BCUT2D eigenvalue weighted by molar-refractivity contribution is 7.91. The van der Waals surface area contributed by atoms with Crippen molar-refractivity contribution in [1.29, 1.82) is 0 Å². The molecule has 126 valence electrons. The molecule has 0 saturated carbocycles. The standard InChI is InChI=1S/C15H22N4O3S/c1-10-16-13-8-19(6-4-12(13)14(17-10)18(2)3)15(20)11-5-7-23(21,22)9-11/h11H,4-9H2,1-3H3/t11-/m0/s1. The number of aromatic nitrogens is 2. The van der Waals surface area contributed by atoms with Gasteiger partial charge in [-0.2, -0.15) is 0 Å². The van der Waals surface area contributed by atoms with E-state index in [1.165, 1.54) is 0 Å². The molecule has 7 nitrogen and oxygen atoms in total. The molecule has 2 aliphatic heterocycles. The van der Waals surface area contributed by atoms with Crippen LogP contribution >= 0.6 is 0 Å². The minimum Gasteiger partial charge on any atom is -0.362 e. The molecule has 1 aromatic rings. The van der Waals surface area contributed by atoms with Crippen molar-refractivity contribution >= 4 is 21.6 Å². The number of anilines is 1. The number of aryl methyl sites for hydroxylation is 1. The van der Waals surface area contributed by atoms with Crippen molar-refractivity contribution in [3.05, 3.63) is 17.1 Å². The van der Waals surface area contributed by atoms with Gasteiger partial charge < -0.3 is 9.80 Å². The summed E-state index contributed by atoms with van der Waals surface area (Å²) < 4.78 is 23.2. The molecule has 0 radical (unpaired) electrons. The highest BCUT2D eigenvalue weighted by Gasteiger charge is 2.36. The van der Waals surface area contributed by atoms with E-state index in [1.807, 2.05) is 25.9 Å². The van der Waals surface area contributed by atoms with Gasteiger partial charge in [-0.15, -0.1) is 0 Å². The van der Waals surface area contributed by atoms with Gasteiger partial charge in [-0.25, -0.2) is 18.4 Å². The molecule has 2 aliphatic rings. The predicted octanol–water partition coefficient (Wildman–Crippen LogP) is 0.170. The van der Waals surface area contributed by atoms with Crippen molar-refractivity contribution < 1.29 is 13.2 Å². The molecule has 3 rings (SSSR count). The Morgan fingerprint density at radius 3 is 2.65 bits per heavy atom. The maximum atomic E-state index is 12.6. The van der Waals surface area contributed by atoms with Crippen LogP contribution in [0.3, 0.4) is 0 Å². The molecule has 0 N–H and O–H groups in total. The molecule has 23 heavy (non-hydrogen) atoms. The first-order chi connectivity index (χ1) is 10.8. The van der Waals surface area contributed by atoms with Crippen LogP contribution < -0.4 is 4.90 Å². The smallest absolute Gasteiger partial charge is 0.227 e. The molecule has 0 aliphatic carbocycles. The summed E-state index contributed by atoms with van der Waals surface area (Å²) in [6.07, 6.45) is 1.14. The normalized spacial score (nSPS) is 22.7. The van der Waals surface area contributed by atoms with Gasteiger partial charge in [0.15, 0.2) is 9.84 Å². The molecule has 0 bridgehead atoms. The second-order valence-corrected chi connectivity index (χ2v) is 8.75. The van der Waals surface area contributed by atoms with Gasteiger partial charge in [0.05, 0.1) is 29.7 Å². The predicted molar refractivity (Wildman–Crippen MR) is 87.0 cm³/mol. The largest absolute Gasteiger partial charge is 0.362 e. The molecule has 8 heteroatoms. The van der Waals surface area contributed by atoms with Crippen LogP contribution in [0.25, 0.3) is 0 Å². The average molecular weight is 338 g/mol. The number of sulfone groups is 1. The van der Waals surface area contributed by atoms with Crippen LogP contribution in [0.4, 0.5) is 5.82 Å². The lowest BCUT2D eigenvalue weighted by Gasteiger charge is -2.31. The molecular formula is C15H22N4O3S. The van der Waals surface area contributed by atoms with Crippen LogP contribution in [-0.4, -0.2) is 61.3 Å². The van der Waals surface area contributed by atoms with E-state index >= 15 is 0 Å². The Kier molecular flexibility index (Phi) is 4.03. The average Bonchev–Trinajstić information content (AvgIpc) is 2.85. The number of carbonyl (C=O) groups excluding carboxylic acids is 1. The fraction of sp³-hybridized carbons (Fsp3) is 0.667. The number of amides is 1. The molecule has 0 aromatic carbocycles. The van der Waals surface area contributed by atoms with Gasteiger partial charge in [0.25, 0.3) is 0 Å². The van der Waals surface area contributed by atoms with Crippen LogP contribution in [0.15, 0.2) is 0 Å². The second-order valence-electron chi connectivity index (χ2n) is 6.52. The number of hydrogen-bond donors (Lipinski definition) is 0. The monoisotopic (exact) mass is 338 g/mol. The summed E-state index contributed by atoms with van der Waals surface area (Å²) >= 11 is 0. The molecule has 0 unspecified atom stereocenters. The third-order valence-electron chi connectivity index (χ3n) is 4.47. The van der Waals surface area contributed by atoms with E-state index in [0.717, 1.165) is 17.1 Å². The van der Waals surface area contributed by atoms with Crippen LogP contribution in [0.2, 0.25) is 0 Å². The zero-order valence-electron chi connectivity index (χ0n) is 13.7. The van der Waals surface area contributed by atoms with E-state index in [2.05, 4.69) is 9.97 Å². The van der Waals surface area contributed by atoms with Crippen molar-refractivity contribution in [2.45, 2.75) is 26.3 Å². The lowest BCUT2D eigenvalue weighted by Crippen LogP contribution is -2.41. The Labute approximate surface area is 136 Å². The Morgan fingerprint density at radius 2 is 2.04 bits per heavy atom. The Morgan fingerprint density at radius 1 is 1.30 bits per heavy atom. The highest BCUT2D eigenvalue weighted by atomic mass is 32.2. The second kappa shape index (κ2) is 5.74. The van der Waals surface area contributed by atoms with Gasteiger partial charge in [-0.1, -0.05) is 0 Å². The van der Waals surface area contributed by atoms with Crippen LogP contribution in [0, 0.1) is 12.8 Å². The lowest BCUT2D eigenvalue weighted by molar-refractivity contribution is -0.135. The van der Waals surface area contributed by atoms with Crippen molar-refractivity contribution in [3.8, 4) is 0 Å². The van der Waals surface area contributed by atoms with Gasteiger partial charge >= 0.3 is 0 Å². The number of fused-ring (bicyclic) bond motifs is 1. The van der Waals surface area contributed by atoms with Crippen LogP contribution in [0.1, 0.15) is 23.5 Å². The van der Waals surface area contributed by atoms with Crippen molar-refractivity contribution in [3.63, 3.8) is 0 Å². The fourth-order valence-electron chi connectivity index (χ4n) is 3.34. The van der Waals surface area contributed by atoms with Crippen LogP contribution in [-0.2, 0) is 27.6 Å². The first-order valence-electron chi connectivity index (χ1n) is 7.80. The van der Waals surface area contributed by atoms with E-state index in [0.29, 0.717) is 31.8 Å². The number of hydrogen-bond acceptors (Lipinski definition) is 6.